The summed E-state index contributed by atoms with van der Waals surface area (Å²) < 4.78 is 0. The van der Waals surface area contributed by atoms with E-state index in [0.29, 0.717) is 0 Å². The molecule has 1 aromatic rings. The molecule has 4 rings (SSSR count). The smallest absolute Gasteiger partial charge is 0.129 e. The number of aryl methyl sites for hydroxylation is 1. The first-order chi connectivity index (χ1) is 10.3. The molecule has 2 unspecified atom stereocenters. The molecule has 3 fully saturated rings. The van der Waals surface area contributed by atoms with Gasteiger partial charge in [-0.05, 0) is 63.0 Å². The zero-order valence-corrected chi connectivity index (χ0v) is 13.1. The van der Waals surface area contributed by atoms with Gasteiger partial charge in [-0.2, -0.15) is 0 Å². The lowest BCUT2D eigenvalue weighted by Crippen LogP contribution is -2.43. The summed E-state index contributed by atoms with van der Waals surface area (Å²) >= 11 is 0. The first-order valence-corrected chi connectivity index (χ1v) is 8.78. The molecule has 3 nitrogen and oxygen atoms in total. The van der Waals surface area contributed by atoms with Gasteiger partial charge in [0.1, 0.15) is 5.82 Å². The number of piperidine rings is 1. The van der Waals surface area contributed by atoms with Crippen molar-refractivity contribution in [2.45, 2.75) is 70.5 Å². The van der Waals surface area contributed by atoms with Gasteiger partial charge >= 0.3 is 0 Å². The van der Waals surface area contributed by atoms with Crippen LogP contribution in [0.4, 0.5) is 5.82 Å². The van der Waals surface area contributed by atoms with E-state index in [4.69, 9.17) is 4.98 Å². The molecule has 114 valence electrons. The number of rotatable bonds is 4. The molecule has 0 amide bonds. The summed E-state index contributed by atoms with van der Waals surface area (Å²) in [4.78, 5) is 7.54. The van der Waals surface area contributed by atoms with Gasteiger partial charge in [-0.1, -0.05) is 12.5 Å². The molecule has 1 saturated heterocycles. The molecule has 2 atom stereocenters. The average Bonchev–Trinajstić information content (AvgIpc) is 3.20. The summed E-state index contributed by atoms with van der Waals surface area (Å²) in [7, 11) is 0. The Balaban J connectivity index is 1.50. The number of nitrogens with zero attached hydrogens (tertiary/aromatic N) is 2. The molecule has 2 heterocycles. The van der Waals surface area contributed by atoms with Gasteiger partial charge < -0.3 is 10.2 Å². The quantitative estimate of drug-likeness (QED) is 0.919. The normalized spacial score (nSPS) is 28.7. The number of anilines is 1. The number of nitrogens with one attached hydrogen (secondary N) is 1. The molecule has 3 aliphatic rings. The van der Waals surface area contributed by atoms with Crippen molar-refractivity contribution < 1.29 is 0 Å². The van der Waals surface area contributed by atoms with Gasteiger partial charge in [0.2, 0.25) is 0 Å². The SMILES string of the molecule is Cc1nc(N2CCCC3CCCC32)ccc1CNC1CC1. The topological polar surface area (TPSA) is 28.2 Å². The van der Waals surface area contributed by atoms with E-state index in [1.807, 2.05) is 0 Å². The van der Waals surface area contributed by atoms with Gasteiger partial charge in [-0.25, -0.2) is 4.98 Å². The Labute approximate surface area is 128 Å². The molecule has 1 aromatic heterocycles. The van der Waals surface area contributed by atoms with Crippen LogP contribution in [0.15, 0.2) is 12.1 Å². The predicted octanol–water partition coefficient (Wildman–Crippen LogP) is 3.41. The van der Waals surface area contributed by atoms with Gasteiger partial charge in [-0.3, -0.25) is 0 Å². The lowest BCUT2D eigenvalue weighted by Gasteiger charge is -2.38. The van der Waals surface area contributed by atoms with E-state index in [-0.39, 0.29) is 0 Å². The number of hydrogen-bond donors (Lipinski definition) is 1. The fourth-order valence-corrected chi connectivity index (χ4v) is 4.20. The van der Waals surface area contributed by atoms with E-state index in [2.05, 4.69) is 29.3 Å². The first kappa shape index (κ1) is 13.6. The van der Waals surface area contributed by atoms with Gasteiger partial charge in [-0.15, -0.1) is 0 Å². The highest BCUT2D eigenvalue weighted by molar-refractivity contribution is 5.44. The minimum absolute atomic E-state index is 0.765. The second kappa shape index (κ2) is 5.60. The van der Waals surface area contributed by atoms with Crippen molar-refractivity contribution in [1.29, 1.82) is 0 Å². The summed E-state index contributed by atoms with van der Waals surface area (Å²) in [6.45, 7) is 4.35. The fourth-order valence-electron chi connectivity index (χ4n) is 4.20. The monoisotopic (exact) mass is 285 g/mol. The summed E-state index contributed by atoms with van der Waals surface area (Å²) in [6, 6.07) is 6.09. The highest BCUT2D eigenvalue weighted by Crippen LogP contribution is 2.38. The molecular weight excluding hydrogens is 258 g/mol. The van der Waals surface area contributed by atoms with Crippen molar-refractivity contribution in [2.75, 3.05) is 11.4 Å². The zero-order chi connectivity index (χ0) is 14.2. The van der Waals surface area contributed by atoms with Crippen molar-refractivity contribution in [1.82, 2.24) is 10.3 Å². The molecular formula is C18H27N3. The van der Waals surface area contributed by atoms with Crippen molar-refractivity contribution in [3.63, 3.8) is 0 Å². The second-order valence-corrected chi connectivity index (χ2v) is 7.16. The summed E-state index contributed by atoms with van der Waals surface area (Å²) in [5, 5.41) is 3.60. The van der Waals surface area contributed by atoms with Crippen LogP contribution in [0.25, 0.3) is 0 Å². The van der Waals surface area contributed by atoms with Gasteiger partial charge in [0.15, 0.2) is 0 Å². The molecule has 0 spiro atoms. The van der Waals surface area contributed by atoms with Gasteiger partial charge in [0.05, 0.1) is 0 Å². The third-order valence-corrected chi connectivity index (χ3v) is 5.63. The molecule has 1 N–H and O–H groups in total. The molecule has 0 bridgehead atoms. The van der Waals surface area contributed by atoms with E-state index in [1.165, 1.54) is 68.6 Å². The van der Waals surface area contributed by atoms with Crippen molar-refractivity contribution in [3.8, 4) is 0 Å². The molecule has 2 aliphatic carbocycles. The third-order valence-electron chi connectivity index (χ3n) is 5.63. The first-order valence-electron chi connectivity index (χ1n) is 8.78. The maximum Gasteiger partial charge on any atom is 0.129 e. The van der Waals surface area contributed by atoms with Crippen molar-refractivity contribution in [3.05, 3.63) is 23.4 Å². The average molecular weight is 285 g/mol. The molecule has 2 saturated carbocycles. The summed E-state index contributed by atoms with van der Waals surface area (Å²) in [5.41, 5.74) is 2.58. The Morgan fingerprint density at radius 1 is 1.14 bits per heavy atom. The van der Waals surface area contributed by atoms with E-state index >= 15 is 0 Å². The van der Waals surface area contributed by atoms with Crippen LogP contribution in [-0.2, 0) is 6.54 Å². The Hall–Kier alpha value is -1.09. The number of fused-ring (bicyclic) bond motifs is 1. The third kappa shape index (κ3) is 2.80. The summed E-state index contributed by atoms with van der Waals surface area (Å²) in [5.74, 6) is 2.15. The van der Waals surface area contributed by atoms with Crippen LogP contribution in [0.5, 0.6) is 0 Å². The minimum Gasteiger partial charge on any atom is -0.353 e. The number of hydrogen-bond acceptors (Lipinski definition) is 3. The van der Waals surface area contributed by atoms with Crippen LogP contribution in [-0.4, -0.2) is 23.6 Å². The highest BCUT2D eigenvalue weighted by Gasteiger charge is 2.35. The summed E-state index contributed by atoms with van der Waals surface area (Å²) in [6.07, 6.45) is 9.69. The van der Waals surface area contributed by atoms with Crippen molar-refractivity contribution in [2.24, 2.45) is 5.92 Å². The Kier molecular flexibility index (Phi) is 3.62. The zero-order valence-electron chi connectivity index (χ0n) is 13.1. The molecule has 1 aliphatic heterocycles. The lowest BCUT2D eigenvalue weighted by molar-refractivity contribution is 0.360. The van der Waals surface area contributed by atoms with E-state index in [9.17, 15) is 0 Å². The van der Waals surface area contributed by atoms with Crippen LogP contribution in [0.2, 0.25) is 0 Å². The van der Waals surface area contributed by atoms with E-state index in [0.717, 1.165) is 24.5 Å². The van der Waals surface area contributed by atoms with E-state index in [1.54, 1.807) is 0 Å². The second-order valence-electron chi connectivity index (χ2n) is 7.16. The predicted molar refractivity (Wildman–Crippen MR) is 86.5 cm³/mol. The van der Waals surface area contributed by atoms with Crippen LogP contribution in [0.1, 0.15) is 56.2 Å². The van der Waals surface area contributed by atoms with Crippen LogP contribution in [0, 0.1) is 12.8 Å². The van der Waals surface area contributed by atoms with Gasteiger partial charge in [0, 0.05) is 30.9 Å². The molecule has 0 radical (unpaired) electrons. The van der Waals surface area contributed by atoms with Crippen LogP contribution in [0.3, 0.4) is 0 Å². The Morgan fingerprint density at radius 2 is 2.00 bits per heavy atom. The Morgan fingerprint density at radius 3 is 2.81 bits per heavy atom. The fraction of sp³-hybridized carbons (Fsp3) is 0.722. The number of pyridine rings is 1. The van der Waals surface area contributed by atoms with Crippen LogP contribution < -0.4 is 10.2 Å². The lowest BCUT2D eigenvalue weighted by atomic mass is 9.92. The minimum atomic E-state index is 0.765. The Bertz CT molecular complexity index is 509. The standard InChI is InChI=1S/C18H27N3/c1-13-15(12-19-16-8-9-16)7-10-18(20-13)21-11-3-5-14-4-2-6-17(14)21/h7,10,14,16-17,19H,2-6,8-9,11-12H2,1H3. The van der Waals surface area contributed by atoms with Crippen LogP contribution >= 0.6 is 0 Å². The largest absolute Gasteiger partial charge is 0.353 e. The van der Waals surface area contributed by atoms with E-state index < -0.39 is 0 Å². The van der Waals surface area contributed by atoms with Crippen molar-refractivity contribution >= 4 is 5.82 Å². The highest BCUT2D eigenvalue weighted by atomic mass is 15.2. The van der Waals surface area contributed by atoms with Gasteiger partial charge in [0.25, 0.3) is 0 Å². The number of aromatic nitrogens is 1. The molecule has 3 heteroatoms. The molecule has 21 heavy (non-hydrogen) atoms. The maximum atomic E-state index is 4.94. The maximum absolute atomic E-state index is 4.94. The molecule has 0 aromatic carbocycles.